The van der Waals surface area contributed by atoms with E-state index in [1.54, 1.807) is 4.57 Å². The Labute approximate surface area is 123 Å². The summed E-state index contributed by atoms with van der Waals surface area (Å²) >= 11 is 0. The normalized spacial score (nSPS) is 12.6. The van der Waals surface area contributed by atoms with E-state index in [-0.39, 0.29) is 11.5 Å². The van der Waals surface area contributed by atoms with E-state index in [0.717, 1.165) is 30.7 Å². The third kappa shape index (κ3) is 4.39. The second-order valence-corrected chi connectivity index (χ2v) is 7.38. The number of aryl methyl sites for hydroxylation is 1. The minimum atomic E-state index is -0.474. The van der Waals surface area contributed by atoms with Crippen LogP contribution in [0.25, 0.3) is 0 Å². The summed E-state index contributed by atoms with van der Waals surface area (Å²) in [4.78, 5) is 12.5. The number of carbonyl (C=O) groups is 1. The molecule has 0 fully saturated rings. The first-order chi connectivity index (χ1) is 9.06. The molecule has 0 unspecified atom stereocenters. The number of ether oxygens (including phenoxy) is 1. The monoisotopic (exact) mass is 279 g/mol. The molecule has 114 valence electrons. The first-order valence-corrected chi connectivity index (χ1v) is 7.50. The van der Waals surface area contributed by atoms with E-state index in [1.165, 1.54) is 0 Å². The molecule has 3 nitrogen and oxygen atoms in total. The Morgan fingerprint density at radius 2 is 1.75 bits per heavy atom. The Morgan fingerprint density at radius 3 is 2.20 bits per heavy atom. The highest BCUT2D eigenvalue weighted by molar-refractivity contribution is 5.73. The van der Waals surface area contributed by atoms with Gasteiger partial charge in [0.2, 0.25) is 0 Å². The van der Waals surface area contributed by atoms with E-state index in [9.17, 15) is 4.79 Å². The molecule has 1 rings (SSSR count). The summed E-state index contributed by atoms with van der Waals surface area (Å²) < 4.78 is 7.33. The number of nitrogens with zero attached hydrogens (tertiary/aromatic N) is 1. The molecule has 0 saturated carbocycles. The third-order valence-corrected chi connectivity index (χ3v) is 3.09. The van der Waals surface area contributed by atoms with Gasteiger partial charge in [-0.3, -0.25) is 4.57 Å². The van der Waals surface area contributed by atoms with Crippen LogP contribution in [0.4, 0.5) is 4.79 Å². The van der Waals surface area contributed by atoms with Gasteiger partial charge in [-0.2, -0.15) is 0 Å². The van der Waals surface area contributed by atoms with Gasteiger partial charge in [0, 0.05) is 16.8 Å². The standard InChI is InChI=1S/C17H29NO2/c1-8-9-10-13-11-12-14(16(2,3)4)18(13)15(19)20-17(5,6)7/h11-12H,8-10H2,1-7H3. The molecule has 0 radical (unpaired) electrons. The minimum absolute atomic E-state index is 0.0820. The molecule has 1 aromatic heterocycles. The Morgan fingerprint density at radius 1 is 1.15 bits per heavy atom. The zero-order valence-electron chi connectivity index (χ0n) is 14.0. The Kier molecular flexibility index (Phi) is 5.06. The van der Waals surface area contributed by atoms with Crippen molar-refractivity contribution in [2.45, 2.75) is 78.7 Å². The fraction of sp³-hybridized carbons (Fsp3) is 0.706. The first-order valence-electron chi connectivity index (χ1n) is 7.50. The highest BCUT2D eigenvalue weighted by atomic mass is 16.6. The number of hydrogen-bond acceptors (Lipinski definition) is 2. The summed E-state index contributed by atoms with van der Waals surface area (Å²) in [5.41, 5.74) is 1.50. The number of unbranched alkanes of at least 4 members (excludes halogenated alkanes) is 1. The second-order valence-electron chi connectivity index (χ2n) is 7.38. The van der Waals surface area contributed by atoms with Crippen LogP contribution in [-0.4, -0.2) is 16.3 Å². The highest BCUT2D eigenvalue weighted by Gasteiger charge is 2.27. The van der Waals surface area contributed by atoms with Crippen LogP contribution in [0, 0.1) is 0 Å². The molecule has 0 bridgehead atoms. The Balaban J connectivity index is 3.17. The average Bonchev–Trinajstić information content (AvgIpc) is 2.67. The van der Waals surface area contributed by atoms with Gasteiger partial charge in [0.1, 0.15) is 5.60 Å². The lowest BCUT2D eigenvalue weighted by Gasteiger charge is -2.25. The second kappa shape index (κ2) is 6.02. The summed E-state index contributed by atoms with van der Waals surface area (Å²) in [6, 6.07) is 4.11. The molecule has 0 aromatic carbocycles. The molecule has 1 heterocycles. The van der Waals surface area contributed by atoms with Crippen molar-refractivity contribution in [3.05, 3.63) is 23.5 Å². The molecule has 0 amide bonds. The van der Waals surface area contributed by atoms with Gasteiger partial charge >= 0.3 is 6.09 Å². The van der Waals surface area contributed by atoms with Gasteiger partial charge in [-0.1, -0.05) is 34.1 Å². The number of carbonyl (C=O) groups excluding carboxylic acids is 1. The van der Waals surface area contributed by atoms with Crippen molar-refractivity contribution in [2.24, 2.45) is 0 Å². The van der Waals surface area contributed by atoms with Crippen LogP contribution in [0.3, 0.4) is 0 Å². The van der Waals surface area contributed by atoms with Gasteiger partial charge in [0.15, 0.2) is 0 Å². The van der Waals surface area contributed by atoms with Gasteiger partial charge in [0.25, 0.3) is 0 Å². The largest absolute Gasteiger partial charge is 0.443 e. The van der Waals surface area contributed by atoms with E-state index in [1.807, 2.05) is 20.8 Å². The van der Waals surface area contributed by atoms with Gasteiger partial charge < -0.3 is 4.74 Å². The zero-order chi connectivity index (χ0) is 15.6. The van der Waals surface area contributed by atoms with Crippen LogP contribution in [0.2, 0.25) is 0 Å². The summed E-state index contributed by atoms with van der Waals surface area (Å²) in [6.07, 6.45) is 2.84. The summed E-state index contributed by atoms with van der Waals surface area (Å²) in [5, 5.41) is 0. The van der Waals surface area contributed by atoms with Gasteiger partial charge in [-0.15, -0.1) is 0 Å². The smallest absolute Gasteiger partial charge is 0.418 e. The average molecular weight is 279 g/mol. The number of aromatic nitrogens is 1. The summed E-state index contributed by atoms with van der Waals surface area (Å²) in [6.45, 7) is 14.2. The topological polar surface area (TPSA) is 31.2 Å². The fourth-order valence-electron chi connectivity index (χ4n) is 2.14. The molecule has 0 aliphatic heterocycles. The lowest BCUT2D eigenvalue weighted by atomic mass is 9.92. The lowest BCUT2D eigenvalue weighted by molar-refractivity contribution is 0.0523. The third-order valence-electron chi connectivity index (χ3n) is 3.09. The van der Waals surface area contributed by atoms with Crippen molar-refractivity contribution < 1.29 is 9.53 Å². The molecule has 0 saturated heterocycles. The predicted octanol–water partition coefficient (Wildman–Crippen LogP) is 4.91. The highest BCUT2D eigenvalue weighted by Crippen LogP contribution is 2.26. The van der Waals surface area contributed by atoms with Crippen molar-refractivity contribution in [3.63, 3.8) is 0 Å². The van der Waals surface area contributed by atoms with Gasteiger partial charge in [0.05, 0.1) is 0 Å². The molecule has 0 aliphatic carbocycles. The molecule has 1 aromatic rings. The van der Waals surface area contributed by atoms with E-state index >= 15 is 0 Å². The quantitative estimate of drug-likeness (QED) is 0.787. The van der Waals surface area contributed by atoms with E-state index < -0.39 is 5.60 Å². The minimum Gasteiger partial charge on any atom is -0.443 e. The zero-order valence-corrected chi connectivity index (χ0v) is 14.0. The fourth-order valence-corrected chi connectivity index (χ4v) is 2.14. The van der Waals surface area contributed by atoms with E-state index in [0.29, 0.717) is 0 Å². The molecule has 20 heavy (non-hydrogen) atoms. The Hall–Kier alpha value is -1.25. The molecule has 3 heteroatoms. The number of rotatable bonds is 3. The van der Waals surface area contributed by atoms with E-state index in [2.05, 4.69) is 39.8 Å². The van der Waals surface area contributed by atoms with Gasteiger partial charge in [-0.05, 0) is 45.7 Å². The van der Waals surface area contributed by atoms with Crippen LogP contribution >= 0.6 is 0 Å². The molecule has 0 atom stereocenters. The van der Waals surface area contributed by atoms with Gasteiger partial charge in [-0.25, -0.2) is 4.79 Å². The first kappa shape index (κ1) is 16.8. The molecular formula is C17H29NO2. The van der Waals surface area contributed by atoms with Crippen LogP contribution in [0.1, 0.15) is 72.7 Å². The number of hydrogen-bond donors (Lipinski definition) is 0. The molecular weight excluding hydrogens is 250 g/mol. The predicted molar refractivity (Wildman–Crippen MR) is 83.4 cm³/mol. The van der Waals surface area contributed by atoms with Crippen molar-refractivity contribution in [2.75, 3.05) is 0 Å². The van der Waals surface area contributed by atoms with Crippen LogP contribution in [0.5, 0.6) is 0 Å². The van der Waals surface area contributed by atoms with Crippen LogP contribution < -0.4 is 0 Å². The van der Waals surface area contributed by atoms with Crippen molar-refractivity contribution in [1.29, 1.82) is 0 Å². The molecule has 0 spiro atoms. The van der Waals surface area contributed by atoms with Crippen LogP contribution in [-0.2, 0) is 16.6 Å². The van der Waals surface area contributed by atoms with Crippen LogP contribution in [0.15, 0.2) is 12.1 Å². The van der Waals surface area contributed by atoms with Crippen molar-refractivity contribution in [3.8, 4) is 0 Å². The van der Waals surface area contributed by atoms with Crippen molar-refractivity contribution >= 4 is 6.09 Å². The summed E-state index contributed by atoms with van der Waals surface area (Å²) in [5.74, 6) is 0. The van der Waals surface area contributed by atoms with E-state index in [4.69, 9.17) is 4.74 Å². The maximum absolute atomic E-state index is 12.5. The maximum Gasteiger partial charge on any atom is 0.418 e. The SMILES string of the molecule is CCCCc1ccc(C(C)(C)C)n1C(=O)OC(C)(C)C. The van der Waals surface area contributed by atoms with Crippen molar-refractivity contribution in [1.82, 2.24) is 4.57 Å². The summed E-state index contributed by atoms with van der Waals surface area (Å²) in [7, 11) is 0. The maximum atomic E-state index is 12.5. The Bertz CT molecular complexity index is 458. The lowest BCUT2D eigenvalue weighted by Crippen LogP contribution is -2.31. The molecule has 0 N–H and O–H groups in total. The molecule has 0 aliphatic rings.